The molecule has 136 valence electrons. The highest BCUT2D eigenvalue weighted by Gasteiger charge is 2.36. The minimum Gasteiger partial charge on any atom is -0.507 e. The topological polar surface area (TPSA) is 61.4 Å². The van der Waals surface area contributed by atoms with Crippen LogP contribution in [0.25, 0.3) is 11.1 Å². The lowest BCUT2D eigenvalue weighted by Gasteiger charge is -2.15. The van der Waals surface area contributed by atoms with Crippen LogP contribution >= 0.6 is 0 Å². The molecule has 1 heterocycles. The Balaban J connectivity index is 1.43. The molecule has 0 spiro atoms. The maximum Gasteiger partial charge on any atom is 0.255 e. The Kier molecular flexibility index (Phi) is 4.64. The normalized spacial score (nSPS) is 24.4. The number of nitrogens with one attached hydrogen (secondary N) is 2. The van der Waals surface area contributed by atoms with Crippen molar-refractivity contribution in [3.05, 3.63) is 53.8 Å². The summed E-state index contributed by atoms with van der Waals surface area (Å²) in [7, 11) is 0. The molecule has 0 bridgehead atoms. The Bertz CT molecular complexity index is 794. The second-order valence-corrected chi connectivity index (χ2v) is 7.35. The minimum atomic E-state index is -0.306. The van der Waals surface area contributed by atoms with Gasteiger partial charge in [0.15, 0.2) is 0 Å². The molecular formula is C21H23FN2O2. The maximum atomic E-state index is 13.1. The van der Waals surface area contributed by atoms with Crippen molar-refractivity contribution < 1.29 is 14.3 Å². The lowest BCUT2D eigenvalue weighted by Crippen LogP contribution is -2.39. The van der Waals surface area contributed by atoms with E-state index in [4.69, 9.17) is 0 Å². The van der Waals surface area contributed by atoms with Crippen LogP contribution in [0.4, 0.5) is 4.39 Å². The van der Waals surface area contributed by atoms with Gasteiger partial charge in [0.25, 0.3) is 5.91 Å². The summed E-state index contributed by atoms with van der Waals surface area (Å²) >= 11 is 0. The summed E-state index contributed by atoms with van der Waals surface area (Å²) in [6.45, 7) is 0.562. The van der Waals surface area contributed by atoms with Crippen LogP contribution < -0.4 is 10.6 Å². The molecule has 26 heavy (non-hydrogen) atoms. The molecule has 1 saturated carbocycles. The number of amides is 1. The Morgan fingerprint density at radius 3 is 2.69 bits per heavy atom. The van der Waals surface area contributed by atoms with Crippen molar-refractivity contribution in [3.8, 4) is 16.9 Å². The molecule has 3 atom stereocenters. The fraction of sp³-hybridized carbons (Fsp3) is 0.381. The Labute approximate surface area is 152 Å². The van der Waals surface area contributed by atoms with Crippen molar-refractivity contribution in [1.82, 2.24) is 10.6 Å². The number of rotatable bonds is 4. The van der Waals surface area contributed by atoms with E-state index >= 15 is 0 Å². The van der Waals surface area contributed by atoms with E-state index in [1.807, 2.05) is 0 Å². The van der Waals surface area contributed by atoms with E-state index < -0.39 is 0 Å². The number of halogens is 1. The first-order valence-corrected chi connectivity index (χ1v) is 9.23. The summed E-state index contributed by atoms with van der Waals surface area (Å²) in [5.41, 5.74) is 1.80. The zero-order chi connectivity index (χ0) is 18.1. The van der Waals surface area contributed by atoms with E-state index in [2.05, 4.69) is 10.6 Å². The largest absolute Gasteiger partial charge is 0.507 e. The number of carbonyl (C=O) groups is 1. The maximum absolute atomic E-state index is 13.1. The first-order chi connectivity index (χ1) is 12.6. The van der Waals surface area contributed by atoms with Crippen LogP contribution in [0.15, 0.2) is 42.5 Å². The number of hydrogen-bond acceptors (Lipinski definition) is 3. The van der Waals surface area contributed by atoms with Gasteiger partial charge in [-0.2, -0.15) is 0 Å². The highest BCUT2D eigenvalue weighted by Crippen LogP contribution is 2.34. The predicted molar refractivity (Wildman–Crippen MR) is 98.5 cm³/mol. The average Bonchev–Trinajstić information content (AvgIpc) is 3.22. The van der Waals surface area contributed by atoms with E-state index in [0.29, 0.717) is 18.6 Å². The third-order valence-corrected chi connectivity index (χ3v) is 5.62. The minimum absolute atomic E-state index is 0.0513. The van der Waals surface area contributed by atoms with Gasteiger partial charge in [-0.3, -0.25) is 4.79 Å². The van der Waals surface area contributed by atoms with Gasteiger partial charge in [0.05, 0.1) is 5.56 Å². The summed E-state index contributed by atoms with van der Waals surface area (Å²) in [4.78, 5) is 12.5. The number of phenolic OH excluding ortho intramolecular Hbond substituents is 1. The van der Waals surface area contributed by atoms with E-state index in [9.17, 15) is 14.3 Å². The van der Waals surface area contributed by atoms with Gasteiger partial charge >= 0.3 is 0 Å². The molecule has 2 fully saturated rings. The lowest BCUT2D eigenvalue weighted by atomic mass is 10.0. The van der Waals surface area contributed by atoms with Crippen molar-refractivity contribution in [1.29, 1.82) is 0 Å². The zero-order valence-electron chi connectivity index (χ0n) is 14.5. The first kappa shape index (κ1) is 17.0. The van der Waals surface area contributed by atoms with E-state index in [1.165, 1.54) is 37.5 Å². The molecule has 0 aromatic heterocycles. The van der Waals surface area contributed by atoms with Gasteiger partial charge in [0.1, 0.15) is 11.6 Å². The number of fused-ring (bicyclic) bond motifs is 1. The fourth-order valence-electron chi connectivity index (χ4n) is 4.27. The van der Waals surface area contributed by atoms with Gasteiger partial charge in [0, 0.05) is 18.6 Å². The van der Waals surface area contributed by atoms with Crippen LogP contribution in [-0.2, 0) is 0 Å². The van der Waals surface area contributed by atoms with Crippen molar-refractivity contribution >= 4 is 5.91 Å². The second kappa shape index (κ2) is 7.08. The van der Waals surface area contributed by atoms with Crippen LogP contribution in [0.2, 0.25) is 0 Å². The predicted octanol–water partition coefficient (Wildman–Crippen LogP) is 3.46. The highest BCUT2D eigenvalue weighted by atomic mass is 19.1. The molecule has 1 aliphatic heterocycles. The summed E-state index contributed by atoms with van der Waals surface area (Å²) in [5, 5.41) is 16.6. The molecule has 2 aliphatic rings. The summed E-state index contributed by atoms with van der Waals surface area (Å²) in [6.07, 6.45) is 4.91. The van der Waals surface area contributed by atoms with Gasteiger partial charge in [-0.25, -0.2) is 4.39 Å². The average molecular weight is 354 g/mol. The molecule has 5 heteroatoms. The molecule has 1 aliphatic carbocycles. The zero-order valence-corrected chi connectivity index (χ0v) is 14.5. The number of hydrogen-bond donors (Lipinski definition) is 3. The monoisotopic (exact) mass is 354 g/mol. The smallest absolute Gasteiger partial charge is 0.255 e. The van der Waals surface area contributed by atoms with Gasteiger partial charge < -0.3 is 15.7 Å². The van der Waals surface area contributed by atoms with Gasteiger partial charge in [-0.05, 0) is 60.6 Å². The van der Waals surface area contributed by atoms with Crippen LogP contribution in [0.1, 0.15) is 36.0 Å². The molecule has 2 aromatic rings. The van der Waals surface area contributed by atoms with Crippen molar-refractivity contribution in [3.63, 3.8) is 0 Å². The third kappa shape index (κ3) is 3.44. The van der Waals surface area contributed by atoms with E-state index in [-0.39, 0.29) is 23.0 Å². The van der Waals surface area contributed by atoms with Crippen LogP contribution in [-0.4, -0.2) is 29.6 Å². The summed E-state index contributed by atoms with van der Waals surface area (Å²) < 4.78 is 13.1. The Hall–Kier alpha value is -2.40. The van der Waals surface area contributed by atoms with Gasteiger partial charge in [-0.15, -0.1) is 0 Å². The second-order valence-electron chi connectivity index (χ2n) is 7.35. The standard InChI is InChI=1S/C21H23FN2O2/c22-16-7-4-13(5-8-16)14-6-9-20(25)18(11-14)21(26)23-12-17-10-15-2-1-3-19(15)24-17/h4-9,11,15,17,19,24-25H,1-3,10,12H2,(H,23,26)/t15-,17-,19-/m0/s1. The SMILES string of the molecule is O=C(NC[C@@H]1C[C@@H]2CCC[C@@H]2N1)c1cc(-c2ccc(F)cc2)ccc1O. The molecule has 1 saturated heterocycles. The molecule has 3 N–H and O–H groups in total. The van der Waals surface area contributed by atoms with Gasteiger partial charge in [0.2, 0.25) is 0 Å². The Morgan fingerprint density at radius 2 is 1.92 bits per heavy atom. The highest BCUT2D eigenvalue weighted by molar-refractivity contribution is 5.98. The number of benzene rings is 2. The fourth-order valence-corrected chi connectivity index (χ4v) is 4.27. The molecule has 0 unspecified atom stereocenters. The van der Waals surface area contributed by atoms with Crippen LogP contribution in [0.5, 0.6) is 5.75 Å². The number of carbonyl (C=O) groups excluding carboxylic acids is 1. The third-order valence-electron chi connectivity index (χ3n) is 5.62. The molecular weight excluding hydrogens is 331 g/mol. The van der Waals surface area contributed by atoms with Crippen molar-refractivity contribution in [2.75, 3.05) is 6.54 Å². The summed E-state index contributed by atoms with van der Waals surface area (Å²) in [5.74, 6) is 0.0985. The molecule has 4 nitrogen and oxygen atoms in total. The molecule has 0 radical (unpaired) electrons. The molecule has 4 rings (SSSR count). The quantitative estimate of drug-likeness (QED) is 0.788. The number of aromatic hydroxyl groups is 1. The van der Waals surface area contributed by atoms with Crippen molar-refractivity contribution in [2.45, 2.75) is 37.8 Å². The van der Waals surface area contributed by atoms with Crippen LogP contribution in [0, 0.1) is 11.7 Å². The van der Waals surface area contributed by atoms with E-state index in [1.54, 1.807) is 24.3 Å². The molecule has 1 amide bonds. The lowest BCUT2D eigenvalue weighted by molar-refractivity contribution is 0.0947. The van der Waals surface area contributed by atoms with Crippen LogP contribution in [0.3, 0.4) is 0 Å². The molecule has 2 aromatic carbocycles. The van der Waals surface area contributed by atoms with E-state index in [0.717, 1.165) is 23.5 Å². The first-order valence-electron chi connectivity index (χ1n) is 9.23. The van der Waals surface area contributed by atoms with Crippen molar-refractivity contribution in [2.24, 2.45) is 5.92 Å². The van der Waals surface area contributed by atoms with Gasteiger partial charge in [-0.1, -0.05) is 24.6 Å². The number of phenols is 1. The summed E-state index contributed by atoms with van der Waals surface area (Å²) in [6, 6.07) is 11.9. The Morgan fingerprint density at radius 1 is 1.15 bits per heavy atom.